The zero-order valence-corrected chi connectivity index (χ0v) is 64.2. The van der Waals surface area contributed by atoms with Crippen LogP contribution in [0.5, 0.6) is 0 Å². The van der Waals surface area contributed by atoms with Gasteiger partial charge in [-0.05, 0) is 100 Å². The minimum Gasteiger partial charge on any atom is -0.251 e. The second-order valence-corrected chi connectivity index (χ2v) is 29.3. The van der Waals surface area contributed by atoms with Crippen LogP contribution in [-0.2, 0) is 29.3 Å². The van der Waals surface area contributed by atoms with Gasteiger partial charge in [-0.2, -0.15) is 0 Å². The number of hydrogen-bond acceptors (Lipinski definition) is 2. The van der Waals surface area contributed by atoms with Crippen LogP contribution in [0.4, 0.5) is 11.4 Å². The van der Waals surface area contributed by atoms with Crippen molar-refractivity contribution in [2.24, 2.45) is 9.98 Å². The maximum absolute atomic E-state index is 5.67. The number of allylic oxidation sites excluding steroid dienone is 4. The molecule has 0 fully saturated rings. The van der Waals surface area contributed by atoms with E-state index >= 15 is 0 Å². The average molecular weight is 1330 g/mol. The molecule has 0 bridgehead atoms. The number of rotatable bonds is 73. The molecule has 0 aliphatic heterocycles. The van der Waals surface area contributed by atoms with Gasteiger partial charge in [-0.25, -0.2) is 0 Å². The van der Waals surface area contributed by atoms with Gasteiger partial charge in [0.2, 0.25) is 0 Å². The third-order valence-electron chi connectivity index (χ3n) is 20.3. The summed E-state index contributed by atoms with van der Waals surface area (Å²) in [6.07, 6.45) is 104. The molecule has 2 rings (SSSR count). The summed E-state index contributed by atoms with van der Waals surface area (Å²) in [4.78, 5) is 11.3. The van der Waals surface area contributed by atoms with E-state index in [0.717, 1.165) is 49.9 Å². The zero-order chi connectivity index (χ0) is 65.4. The SMILES string of the molecule is CCCCCCCCCCCCCCCCCCCCCCCCCC/C=C/CCc1ccccc1/N=C(CCCCCCCCCCC)\C(CCCCC)=N\c1ccccc1CC/C=C/CCCCCCCCCCCCCCCCCCCCCCCCCC.[Ni+2]. The maximum atomic E-state index is 5.67. The molecule has 0 aromatic heterocycles. The Labute approximate surface area is 593 Å². The average Bonchev–Trinajstić information content (AvgIpc) is 1.42. The van der Waals surface area contributed by atoms with Crippen LogP contribution in [0.15, 0.2) is 82.8 Å². The molecule has 538 valence electrons. The fourth-order valence-electron chi connectivity index (χ4n) is 14.0. The summed E-state index contributed by atoms with van der Waals surface area (Å²) in [5.41, 5.74) is 7.54. The molecule has 0 aliphatic rings. The number of unbranched alkanes of at least 4 members (excludes halogenated alkanes) is 58. The molecule has 0 atom stereocenters. The van der Waals surface area contributed by atoms with Gasteiger partial charge in [-0.1, -0.05) is 448 Å². The topological polar surface area (TPSA) is 24.7 Å². The van der Waals surface area contributed by atoms with Crippen molar-refractivity contribution in [1.29, 1.82) is 0 Å². The van der Waals surface area contributed by atoms with E-state index in [4.69, 9.17) is 9.98 Å². The van der Waals surface area contributed by atoms with Crippen molar-refractivity contribution < 1.29 is 16.5 Å². The van der Waals surface area contributed by atoms with Gasteiger partial charge in [0, 0.05) is 0 Å². The van der Waals surface area contributed by atoms with Gasteiger partial charge in [0.25, 0.3) is 0 Å². The van der Waals surface area contributed by atoms with Crippen molar-refractivity contribution in [3.8, 4) is 0 Å². The molecule has 0 N–H and O–H groups in total. The molecular weight excluding hydrogens is 1170 g/mol. The fraction of sp³-hybridized carbons (Fsp3) is 0.800. The number of aliphatic imine (C=N–C) groups is 2. The van der Waals surface area contributed by atoms with Crippen LogP contribution >= 0.6 is 0 Å². The summed E-state index contributed by atoms with van der Waals surface area (Å²) in [6.45, 7) is 9.28. The first kappa shape index (κ1) is 88.8. The van der Waals surface area contributed by atoms with E-state index in [0.29, 0.717) is 0 Å². The van der Waals surface area contributed by atoms with Gasteiger partial charge >= 0.3 is 16.5 Å². The van der Waals surface area contributed by atoms with Crippen LogP contribution in [-0.4, -0.2) is 11.4 Å². The van der Waals surface area contributed by atoms with Gasteiger partial charge in [-0.15, -0.1) is 0 Å². The first-order valence-corrected chi connectivity index (χ1v) is 42.3. The van der Waals surface area contributed by atoms with Crippen LogP contribution in [0.1, 0.15) is 463 Å². The maximum Gasteiger partial charge on any atom is 2.00 e. The van der Waals surface area contributed by atoms with Gasteiger partial charge in [0.1, 0.15) is 0 Å². The van der Waals surface area contributed by atoms with Crippen molar-refractivity contribution in [2.45, 2.75) is 464 Å². The molecule has 0 heterocycles. The van der Waals surface area contributed by atoms with Crippen LogP contribution in [0.2, 0.25) is 0 Å². The number of para-hydroxylation sites is 2. The molecule has 0 saturated carbocycles. The molecule has 3 heteroatoms. The van der Waals surface area contributed by atoms with Crippen LogP contribution in [0.25, 0.3) is 0 Å². The van der Waals surface area contributed by atoms with Gasteiger partial charge in [0.05, 0.1) is 22.8 Å². The molecule has 2 nitrogen and oxygen atoms in total. The fourth-order valence-corrected chi connectivity index (χ4v) is 14.0. The molecule has 93 heavy (non-hydrogen) atoms. The van der Waals surface area contributed by atoms with Crippen molar-refractivity contribution in [2.75, 3.05) is 0 Å². The summed E-state index contributed by atoms with van der Waals surface area (Å²) in [7, 11) is 0. The van der Waals surface area contributed by atoms with E-state index in [-0.39, 0.29) is 16.5 Å². The second-order valence-electron chi connectivity index (χ2n) is 29.3. The molecule has 2 aromatic rings. The van der Waals surface area contributed by atoms with Crippen molar-refractivity contribution >= 4 is 22.8 Å². The zero-order valence-electron chi connectivity index (χ0n) is 63.2. The number of benzene rings is 2. The van der Waals surface area contributed by atoms with E-state index in [1.165, 1.54) is 421 Å². The minimum atomic E-state index is 0. The summed E-state index contributed by atoms with van der Waals surface area (Å²) in [5, 5.41) is 0. The van der Waals surface area contributed by atoms with E-state index in [9.17, 15) is 0 Å². The smallest absolute Gasteiger partial charge is 0.251 e. The Morgan fingerprint density at radius 1 is 0.226 bits per heavy atom. The Morgan fingerprint density at radius 3 is 0.656 bits per heavy atom. The monoisotopic (exact) mass is 1330 g/mol. The molecule has 0 aliphatic carbocycles. The predicted molar refractivity (Wildman–Crippen MR) is 420 cm³/mol. The number of aryl methyl sites for hydroxylation is 2. The Balaban J connectivity index is 0.0000432. The van der Waals surface area contributed by atoms with Crippen LogP contribution in [0.3, 0.4) is 0 Å². The molecule has 0 radical (unpaired) electrons. The largest absolute Gasteiger partial charge is 2.00 e. The first-order valence-electron chi connectivity index (χ1n) is 42.3. The van der Waals surface area contributed by atoms with Crippen molar-refractivity contribution in [1.82, 2.24) is 0 Å². The predicted octanol–water partition coefficient (Wildman–Crippen LogP) is 32.6. The minimum absolute atomic E-state index is 0. The van der Waals surface area contributed by atoms with E-state index < -0.39 is 0 Å². The van der Waals surface area contributed by atoms with Gasteiger partial charge < -0.3 is 0 Å². The first-order chi connectivity index (χ1) is 45.7. The normalized spacial score (nSPS) is 12.2. The van der Waals surface area contributed by atoms with Crippen LogP contribution in [0, 0.1) is 0 Å². The molecular formula is C90H160N2Ni+2. The van der Waals surface area contributed by atoms with Gasteiger partial charge in [0.15, 0.2) is 0 Å². The third kappa shape index (κ3) is 59.5. The third-order valence-corrected chi connectivity index (χ3v) is 20.3. The van der Waals surface area contributed by atoms with Crippen LogP contribution < -0.4 is 0 Å². The number of hydrogen-bond donors (Lipinski definition) is 0. The summed E-state index contributed by atoms with van der Waals surface area (Å²) in [6, 6.07) is 18.1. The summed E-state index contributed by atoms with van der Waals surface area (Å²) < 4.78 is 0. The van der Waals surface area contributed by atoms with E-state index in [1.54, 1.807) is 0 Å². The Bertz CT molecular complexity index is 1920. The molecule has 0 unspecified atom stereocenters. The standard InChI is InChI=1S/C90H160N2.Ni/c1-5-9-13-16-19-22-24-26-28-30-32-34-36-38-40-42-44-46-48-50-52-54-56-58-61-63-66-70-77-85-79-73-75-81-87(85)91-89(83-69-12-8-4)90(84-72-68-65-60-21-18-15-11-7-3)92-88-82-76-74-80-86(88)78-71-67-64-62-59-57-55-53-51-49-47-45-43-41-39-37-35-33-31-29-27-25-23-20-17-14-10-6-2;/h63-64,66-67,73-76,79-82H,5-62,65,68-72,77-78,83-84H2,1-4H3;/q;+2/b66-63+,67-64+,91-89+,92-90-;. The van der Waals surface area contributed by atoms with E-state index in [1.807, 2.05) is 0 Å². The van der Waals surface area contributed by atoms with E-state index in [2.05, 4.69) is 101 Å². The Hall–Kier alpha value is -2.25. The summed E-state index contributed by atoms with van der Waals surface area (Å²) >= 11 is 0. The quantitative estimate of drug-likeness (QED) is 0.0273. The Kier molecular flexibility index (Phi) is 70.6. The second kappa shape index (κ2) is 74.0. The number of nitrogens with zero attached hydrogens (tertiary/aromatic N) is 2. The molecule has 2 aromatic carbocycles. The Morgan fingerprint density at radius 2 is 0.409 bits per heavy atom. The van der Waals surface area contributed by atoms with Crippen molar-refractivity contribution in [3.05, 3.63) is 84.0 Å². The molecule has 0 amide bonds. The molecule has 0 saturated heterocycles. The summed E-state index contributed by atoms with van der Waals surface area (Å²) in [5.74, 6) is 0. The van der Waals surface area contributed by atoms with Crippen molar-refractivity contribution in [3.63, 3.8) is 0 Å². The molecule has 0 spiro atoms. The van der Waals surface area contributed by atoms with Gasteiger partial charge in [-0.3, -0.25) is 9.98 Å².